The van der Waals surface area contributed by atoms with Crippen LogP contribution in [0.3, 0.4) is 0 Å². The first kappa shape index (κ1) is 19.8. The van der Waals surface area contributed by atoms with Crippen molar-refractivity contribution in [3.8, 4) is 0 Å². The van der Waals surface area contributed by atoms with Crippen LogP contribution in [0.5, 0.6) is 0 Å². The van der Waals surface area contributed by atoms with Crippen molar-refractivity contribution in [3.05, 3.63) is 34.5 Å². The van der Waals surface area contributed by atoms with Crippen molar-refractivity contribution in [2.45, 2.75) is 77.6 Å². The number of carboxylic acids is 1. The summed E-state index contributed by atoms with van der Waals surface area (Å²) in [5.41, 5.74) is 3.95. The molecule has 25 heavy (non-hydrogen) atoms. The fourth-order valence-electron chi connectivity index (χ4n) is 3.43. The number of fused-ring (bicyclic) bond motifs is 1. The van der Waals surface area contributed by atoms with E-state index in [1.807, 2.05) is 6.07 Å². The van der Waals surface area contributed by atoms with E-state index in [9.17, 15) is 4.79 Å². The zero-order valence-electron chi connectivity index (χ0n) is 15.2. The first-order chi connectivity index (χ1) is 12.1. The summed E-state index contributed by atoms with van der Waals surface area (Å²) in [7, 11) is 0. The summed E-state index contributed by atoms with van der Waals surface area (Å²) in [5, 5.41) is 10.8. The van der Waals surface area contributed by atoms with E-state index in [0.29, 0.717) is 0 Å². The zero-order chi connectivity index (χ0) is 18.1. The second-order valence-corrected chi connectivity index (χ2v) is 7.33. The average Bonchev–Trinajstić information content (AvgIpc) is 2.91. The largest absolute Gasteiger partial charge is 0.481 e. The summed E-state index contributed by atoms with van der Waals surface area (Å²) in [5.74, 6) is -0.693. The van der Waals surface area contributed by atoms with Crippen molar-refractivity contribution in [1.29, 1.82) is 0 Å². The van der Waals surface area contributed by atoms with Gasteiger partial charge in [-0.1, -0.05) is 50.6 Å². The number of nitrogens with one attached hydrogen (secondary N) is 1. The Hall–Kier alpha value is -1.48. The molecule has 2 N–H and O–H groups in total. The van der Waals surface area contributed by atoms with Gasteiger partial charge in [0.15, 0.2) is 0 Å². The molecule has 2 rings (SSSR count). The highest BCUT2D eigenvalue weighted by Gasteiger charge is 2.11. The third kappa shape index (κ3) is 6.39. The van der Waals surface area contributed by atoms with E-state index in [0.717, 1.165) is 43.5 Å². The lowest BCUT2D eigenvalue weighted by atomic mass is 10.00. The molecule has 1 aromatic heterocycles. The van der Waals surface area contributed by atoms with Crippen molar-refractivity contribution >= 4 is 28.5 Å². The molecule has 0 spiro atoms. The fourth-order valence-corrected chi connectivity index (χ4v) is 3.61. The maximum absolute atomic E-state index is 10.6. The van der Waals surface area contributed by atoms with E-state index in [1.165, 1.54) is 47.8 Å². The van der Waals surface area contributed by atoms with Gasteiger partial charge in [0.1, 0.15) is 0 Å². The molecule has 0 unspecified atom stereocenters. The summed E-state index contributed by atoms with van der Waals surface area (Å²) in [6, 6.07) is 6.10. The van der Waals surface area contributed by atoms with Gasteiger partial charge in [-0.05, 0) is 55.9 Å². The number of rotatable bonds is 12. The van der Waals surface area contributed by atoms with Gasteiger partial charge >= 0.3 is 5.97 Å². The standard InChI is InChI=1S/C21H30ClNO2/c1-2-3-4-7-10-17-18-15-16(22)13-14-20(18)23-19(17)11-8-5-6-9-12-21(24)25/h13-15,23H,2-12H2,1H3,(H,24,25). The third-order valence-corrected chi connectivity index (χ3v) is 5.04. The maximum Gasteiger partial charge on any atom is 0.303 e. The van der Waals surface area contributed by atoms with Crippen LogP contribution in [-0.4, -0.2) is 16.1 Å². The minimum absolute atomic E-state index is 0.285. The summed E-state index contributed by atoms with van der Waals surface area (Å²) in [6.45, 7) is 2.24. The molecule has 4 heteroatoms. The Labute approximate surface area is 155 Å². The smallest absolute Gasteiger partial charge is 0.303 e. The molecule has 0 amide bonds. The molecule has 138 valence electrons. The summed E-state index contributed by atoms with van der Waals surface area (Å²) >= 11 is 6.21. The molecule has 0 aliphatic carbocycles. The van der Waals surface area contributed by atoms with Crippen LogP contribution in [0.2, 0.25) is 5.02 Å². The Kier molecular flexibility index (Phi) is 8.33. The number of aromatic nitrogens is 1. The van der Waals surface area contributed by atoms with Gasteiger partial charge in [-0.3, -0.25) is 4.79 Å². The molecule has 0 saturated heterocycles. The zero-order valence-corrected chi connectivity index (χ0v) is 16.0. The highest BCUT2D eigenvalue weighted by molar-refractivity contribution is 6.31. The van der Waals surface area contributed by atoms with E-state index in [-0.39, 0.29) is 6.42 Å². The Balaban J connectivity index is 1.97. The van der Waals surface area contributed by atoms with Crippen LogP contribution in [0.25, 0.3) is 10.9 Å². The van der Waals surface area contributed by atoms with Gasteiger partial charge in [-0.15, -0.1) is 0 Å². The molecular weight excluding hydrogens is 334 g/mol. The molecule has 3 nitrogen and oxygen atoms in total. The van der Waals surface area contributed by atoms with Crippen molar-refractivity contribution in [3.63, 3.8) is 0 Å². The van der Waals surface area contributed by atoms with Crippen LogP contribution in [0.1, 0.15) is 76.0 Å². The van der Waals surface area contributed by atoms with Crippen LogP contribution < -0.4 is 0 Å². The molecular formula is C21H30ClNO2. The van der Waals surface area contributed by atoms with E-state index in [2.05, 4.69) is 24.0 Å². The lowest BCUT2D eigenvalue weighted by Gasteiger charge is -2.06. The number of carbonyl (C=O) groups is 1. The summed E-state index contributed by atoms with van der Waals surface area (Å²) in [4.78, 5) is 14.1. The first-order valence-corrected chi connectivity index (χ1v) is 10.0. The van der Waals surface area contributed by atoms with Gasteiger partial charge in [0.05, 0.1) is 0 Å². The third-order valence-electron chi connectivity index (χ3n) is 4.80. The predicted octanol–water partition coefficient (Wildman–Crippen LogP) is 6.52. The van der Waals surface area contributed by atoms with Crippen molar-refractivity contribution in [2.24, 2.45) is 0 Å². The Morgan fingerprint density at radius 2 is 1.76 bits per heavy atom. The Morgan fingerprint density at radius 1 is 1.04 bits per heavy atom. The first-order valence-electron chi connectivity index (χ1n) is 9.62. The fraction of sp³-hybridized carbons (Fsp3) is 0.571. The van der Waals surface area contributed by atoms with Gasteiger partial charge in [-0.25, -0.2) is 0 Å². The van der Waals surface area contributed by atoms with Crippen LogP contribution in [0, 0.1) is 0 Å². The van der Waals surface area contributed by atoms with Crippen LogP contribution in [0.4, 0.5) is 0 Å². The average molecular weight is 364 g/mol. The molecule has 0 bridgehead atoms. The number of benzene rings is 1. The minimum Gasteiger partial charge on any atom is -0.481 e. The van der Waals surface area contributed by atoms with Gasteiger partial charge in [0, 0.05) is 28.0 Å². The van der Waals surface area contributed by atoms with Gasteiger partial charge in [0.25, 0.3) is 0 Å². The summed E-state index contributed by atoms with van der Waals surface area (Å²) in [6.07, 6.45) is 11.4. The summed E-state index contributed by atoms with van der Waals surface area (Å²) < 4.78 is 0. The molecule has 0 fully saturated rings. The normalized spacial score (nSPS) is 11.3. The minimum atomic E-state index is -0.693. The number of unbranched alkanes of at least 4 members (excludes halogenated alkanes) is 6. The number of aliphatic carboxylic acids is 1. The number of H-pyrrole nitrogens is 1. The van der Waals surface area contributed by atoms with Crippen LogP contribution >= 0.6 is 11.6 Å². The highest BCUT2D eigenvalue weighted by atomic mass is 35.5. The number of carboxylic acid groups (broad SMARTS) is 1. The molecule has 0 atom stereocenters. The molecule has 0 saturated carbocycles. The van der Waals surface area contributed by atoms with Crippen molar-refractivity contribution in [1.82, 2.24) is 4.98 Å². The topological polar surface area (TPSA) is 53.1 Å². The van der Waals surface area contributed by atoms with Gasteiger partial charge in [-0.2, -0.15) is 0 Å². The second-order valence-electron chi connectivity index (χ2n) is 6.89. The number of hydrogen-bond acceptors (Lipinski definition) is 1. The number of aromatic amines is 1. The number of halogens is 1. The van der Waals surface area contributed by atoms with Crippen molar-refractivity contribution in [2.75, 3.05) is 0 Å². The second kappa shape index (κ2) is 10.5. The van der Waals surface area contributed by atoms with Crippen LogP contribution in [-0.2, 0) is 17.6 Å². The Morgan fingerprint density at radius 3 is 2.52 bits per heavy atom. The molecule has 2 aromatic rings. The number of hydrogen-bond donors (Lipinski definition) is 2. The van der Waals surface area contributed by atoms with E-state index in [1.54, 1.807) is 0 Å². The molecule has 0 aliphatic rings. The molecule has 1 heterocycles. The monoisotopic (exact) mass is 363 g/mol. The maximum atomic E-state index is 10.6. The number of aryl methyl sites for hydroxylation is 2. The lowest BCUT2D eigenvalue weighted by Crippen LogP contribution is -1.95. The van der Waals surface area contributed by atoms with Gasteiger partial charge < -0.3 is 10.1 Å². The van der Waals surface area contributed by atoms with E-state index in [4.69, 9.17) is 16.7 Å². The van der Waals surface area contributed by atoms with Gasteiger partial charge in [0.2, 0.25) is 0 Å². The van der Waals surface area contributed by atoms with E-state index >= 15 is 0 Å². The Bertz CT molecular complexity index is 678. The SMILES string of the molecule is CCCCCCc1c(CCCCCCC(=O)O)[nH]c2ccc(Cl)cc12. The molecule has 1 aromatic carbocycles. The highest BCUT2D eigenvalue weighted by Crippen LogP contribution is 2.28. The molecule has 0 radical (unpaired) electrons. The van der Waals surface area contributed by atoms with E-state index < -0.39 is 5.97 Å². The van der Waals surface area contributed by atoms with Crippen LogP contribution in [0.15, 0.2) is 18.2 Å². The lowest BCUT2D eigenvalue weighted by molar-refractivity contribution is -0.137. The quantitative estimate of drug-likeness (QED) is 0.421. The predicted molar refractivity (Wildman–Crippen MR) is 106 cm³/mol. The van der Waals surface area contributed by atoms with Crippen molar-refractivity contribution < 1.29 is 9.90 Å². The molecule has 0 aliphatic heterocycles.